The number of nitrogens with zero attached hydrogens (tertiary/aromatic N) is 2. The number of carbonyl (C=O) groups is 2. The minimum absolute atomic E-state index is 0.136. The van der Waals surface area contributed by atoms with Gasteiger partial charge in [-0.25, -0.2) is 9.48 Å². The third kappa shape index (κ3) is 3.28. The molecule has 6 nitrogen and oxygen atoms in total. The van der Waals surface area contributed by atoms with E-state index in [2.05, 4.69) is 15.2 Å². The summed E-state index contributed by atoms with van der Waals surface area (Å²) in [5.41, 5.74) is 0.719. The van der Waals surface area contributed by atoms with Crippen LogP contribution < -0.4 is 5.32 Å². The number of hydrogen-bond donors (Lipinski definition) is 1. The average Bonchev–Trinajstić information content (AvgIpc) is 2.94. The van der Waals surface area contributed by atoms with Gasteiger partial charge in [0.2, 0.25) is 0 Å². The Balaban J connectivity index is 2.21. The molecule has 21 heavy (non-hydrogen) atoms. The summed E-state index contributed by atoms with van der Waals surface area (Å²) in [6.07, 6.45) is 1.63. The molecule has 0 aliphatic rings. The number of anilines is 1. The molecule has 0 aliphatic carbocycles. The molecule has 1 N–H and O–H groups in total. The van der Waals surface area contributed by atoms with E-state index in [1.54, 1.807) is 35.1 Å². The van der Waals surface area contributed by atoms with E-state index in [-0.39, 0.29) is 11.9 Å². The van der Waals surface area contributed by atoms with E-state index in [1.165, 1.54) is 13.2 Å². The van der Waals surface area contributed by atoms with Crippen molar-refractivity contribution in [2.24, 2.45) is 0 Å². The van der Waals surface area contributed by atoms with Crippen molar-refractivity contribution in [3.8, 4) is 0 Å². The normalized spacial score (nSPS) is 10.5. The number of hydrogen-bond acceptors (Lipinski definition) is 4. The standard InChI is InChI=1S/C15H17N3O3/c1-10(2)18-13(7-8-16-18)17-14(19)11-5-4-6-12(9-11)15(20)21-3/h4-10H,1-3H3,(H,17,19). The molecule has 2 rings (SSSR count). The average molecular weight is 287 g/mol. The highest BCUT2D eigenvalue weighted by Crippen LogP contribution is 2.15. The van der Waals surface area contributed by atoms with Gasteiger partial charge in [0.05, 0.1) is 18.9 Å². The predicted molar refractivity (Wildman–Crippen MR) is 78.3 cm³/mol. The zero-order chi connectivity index (χ0) is 15.4. The molecule has 6 heteroatoms. The number of benzene rings is 1. The lowest BCUT2D eigenvalue weighted by Gasteiger charge is -2.12. The SMILES string of the molecule is COC(=O)c1cccc(C(=O)Nc2ccnn2C(C)C)c1. The first-order valence-corrected chi connectivity index (χ1v) is 6.56. The van der Waals surface area contributed by atoms with Crippen molar-refractivity contribution in [3.63, 3.8) is 0 Å². The van der Waals surface area contributed by atoms with Crippen LogP contribution in [-0.4, -0.2) is 28.8 Å². The van der Waals surface area contributed by atoms with Gasteiger partial charge in [0.1, 0.15) is 5.82 Å². The Kier molecular flexibility index (Phi) is 4.37. The van der Waals surface area contributed by atoms with Crippen molar-refractivity contribution < 1.29 is 14.3 Å². The van der Waals surface area contributed by atoms with E-state index >= 15 is 0 Å². The molecule has 2 aromatic rings. The summed E-state index contributed by atoms with van der Waals surface area (Å²) in [7, 11) is 1.30. The molecule has 0 bridgehead atoms. The summed E-state index contributed by atoms with van der Waals surface area (Å²) in [5, 5.41) is 6.93. The summed E-state index contributed by atoms with van der Waals surface area (Å²) in [5.74, 6) is -0.168. The van der Waals surface area contributed by atoms with Gasteiger partial charge in [0, 0.05) is 17.7 Å². The zero-order valence-electron chi connectivity index (χ0n) is 12.2. The van der Waals surface area contributed by atoms with Gasteiger partial charge in [0.25, 0.3) is 5.91 Å². The number of ether oxygens (including phenoxy) is 1. The minimum atomic E-state index is -0.475. The second-order valence-corrected chi connectivity index (χ2v) is 4.78. The zero-order valence-corrected chi connectivity index (χ0v) is 12.2. The fourth-order valence-corrected chi connectivity index (χ4v) is 1.92. The van der Waals surface area contributed by atoms with Gasteiger partial charge >= 0.3 is 5.97 Å². The van der Waals surface area contributed by atoms with Gasteiger partial charge in [-0.15, -0.1) is 0 Å². The Labute approximate surface area is 122 Å². The number of carbonyl (C=O) groups excluding carboxylic acids is 2. The van der Waals surface area contributed by atoms with Crippen LogP contribution in [0.1, 0.15) is 40.6 Å². The van der Waals surface area contributed by atoms with Crippen LogP contribution in [0.15, 0.2) is 36.5 Å². The van der Waals surface area contributed by atoms with Crippen molar-refractivity contribution in [1.82, 2.24) is 9.78 Å². The van der Waals surface area contributed by atoms with Gasteiger partial charge in [-0.05, 0) is 32.0 Å². The van der Waals surface area contributed by atoms with Crippen molar-refractivity contribution in [3.05, 3.63) is 47.7 Å². The topological polar surface area (TPSA) is 73.2 Å². The van der Waals surface area contributed by atoms with Crippen LogP contribution in [0.4, 0.5) is 5.82 Å². The summed E-state index contributed by atoms with van der Waals surface area (Å²) >= 11 is 0. The number of esters is 1. The molecular formula is C15H17N3O3. The molecule has 1 heterocycles. The van der Waals surface area contributed by atoms with Gasteiger partial charge in [-0.2, -0.15) is 5.10 Å². The maximum atomic E-state index is 12.2. The molecule has 110 valence electrons. The summed E-state index contributed by atoms with van der Waals surface area (Å²) in [6.45, 7) is 3.95. The lowest BCUT2D eigenvalue weighted by molar-refractivity contribution is 0.0600. The number of amides is 1. The number of methoxy groups -OCH3 is 1. The Morgan fingerprint density at radius 2 is 1.95 bits per heavy atom. The van der Waals surface area contributed by atoms with Crippen molar-refractivity contribution in [2.45, 2.75) is 19.9 Å². The van der Waals surface area contributed by atoms with Crippen molar-refractivity contribution in [1.29, 1.82) is 0 Å². The maximum Gasteiger partial charge on any atom is 0.337 e. The van der Waals surface area contributed by atoms with Gasteiger partial charge < -0.3 is 10.1 Å². The highest BCUT2D eigenvalue weighted by atomic mass is 16.5. The number of nitrogens with one attached hydrogen (secondary N) is 1. The number of rotatable bonds is 4. The van der Waals surface area contributed by atoms with E-state index in [4.69, 9.17) is 0 Å². The van der Waals surface area contributed by atoms with Gasteiger partial charge in [-0.1, -0.05) is 6.07 Å². The van der Waals surface area contributed by atoms with E-state index in [9.17, 15) is 9.59 Å². The fourth-order valence-electron chi connectivity index (χ4n) is 1.92. The lowest BCUT2D eigenvalue weighted by atomic mass is 10.1. The second kappa shape index (κ2) is 6.21. The first-order valence-electron chi connectivity index (χ1n) is 6.56. The molecule has 0 atom stereocenters. The van der Waals surface area contributed by atoms with E-state index < -0.39 is 5.97 Å². The Hall–Kier alpha value is -2.63. The van der Waals surface area contributed by atoms with Crippen LogP contribution >= 0.6 is 0 Å². The van der Waals surface area contributed by atoms with Crippen molar-refractivity contribution in [2.75, 3.05) is 12.4 Å². The van der Waals surface area contributed by atoms with Crippen LogP contribution in [0, 0.1) is 0 Å². The molecule has 0 aliphatic heterocycles. The third-order valence-corrected chi connectivity index (χ3v) is 2.95. The molecule has 0 spiro atoms. The quantitative estimate of drug-likeness (QED) is 0.877. The van der Waals surface area contributed by atoms with Crippen LogP contribution in [-0.2, 0) is 4.74 Å². The maximum absolute atomic E-state index is 12.2. The summed E-state index contributed by atoms with van der Waals surface area (Å²) in [4.78, 5) is 23.7. The van der Waals surface area contributed by atoms with Gasteiger partial charge in [-0.3, -0.25) is 4.79 Å². The van der Waals surface area contributed by atoms with Crippen LogP contribution in [0.25, 0.3) is 0 Å². The molecule has 0 saturated carbocycles. The molecular weight excluding hydrogens is 270 g/mol. The third-order valence-electron chi connectivity index (χ3n) is 2.95. The summed E-state index contributed by atoms with van der Waals surface area (Å²) < 4.78 is 6.35. The fraction of sp³-hybridized carbons (Fsp3) is 0.267. The Morgan fingerprint density at radius 3 is 2.62 bits per heavy atom. The monoisotopic (exact) mass is 287 g/mol. The molecule has 0 saturated heterocycles. The summed E-state index contributed by atoms with van der Waals surface area (Å²) in [6, 6.07) is 8.23. The van der Waals surface area contributed by atoms with Crippen LogP contribution in [0.5, 0.6) is 0 Å². The number of aromatic nitrogens is 2. The van der Waals surface area contributed by atoms with Crippen molar-refractivity contribution >= 4 is 17.7 Å². The minimum Gasteiger partial charge on any atom is -0.465 e. The van der Waals surface area contributed by atoms with Gasteiger partial charge in [0.15, 0.2) is 0 Å². The highest BCUT2D eigenvalue weighted by Gasteiger charge is 2.13. The Bertz CT molecular complexity index is 662. The van der Waals surface area contributed by atoms with E-state index in [1.807, 2.05) is 13.8 Å². The van der Waals surface area contributed by atoms with Crippen LogP contribution in [0.2, 0.25) is 0 Å². The van der Waals surface area contributed by atoms with E-state index in [0.29, 0.717) is 16.9 Å². The van der Waals surface area contributed by atoms with E-state index in [0.717, 1.165) is 0 Å². The first-order chi connectivity index (χ1) is 10.0. The molecule has 1 amide bonds. The molecule has 1 aromatic heterocycles. The highest BCUT2D eigenvalue weighted by molar-refractivity contribution is 6.05. The molecule has 0 fully saturated rings. The second-order valence-electron chi connectivity index (χ2n) is 4.78. The predicted octanol–water partition coefficient (Wildman–Crippen LogP) is 2.50. The molecule has 1 aromatic carbocycles. The molecule has 0 radical (unpaired) electrons. The Morgan fingerprint density at radius 1 is 1.24 bits per heavy atom. The molecule has 0 unspecified atom stereocenters. The lowest BCUT2D eigenvalue weighted by Crippen LogP contribution is -2.17. The van der Waals surface area contributed by atoms with Crippen LogP contribution in [0.3, 0.4) is 0 Å². The largest absolute Gasteiger partial charge is 0.465 e. The first kappa shape index (κ1) is 14.8. The smallest absolute Gasteiger partial charge is 0.337 e.